The fraction of sp³-hybridized carbons (Fsp3) is 0.0714. The Balaban J connectivity index is 0.000000240. The van der Waals surface area contributed by atoms with Gasteiger partial charge in [0.1, 0.15) is 0 Å². The van der Waals surface area contributed by atoms with Crippen molar-refractivity contribution in [3.63, 3.8) is 0 Å². The Labute approximate surface area is 145 Å². The second kappa shape index (κ2) is 8.92. The second-order valence-corrected chi connectivity index (χ2v) is 5.09. The molecule has 0 aliphatic rings. The molecule has 0 unspecified atom stereocenters. The lowest BCUT2D eigenvalue weighted by Gasteiger charge is -1.98. The van der Waals surface area contributed by atoms with E-state index in [4.69, 9.17) is 28.3 Å². The SMILES string of the molecule is O=Cc1cc([N+](=O)[O-])ccc1Cl.O=[N+]([O-])c1ccc(Cl)c(CO)c1. The van der Waals surface area contributed by atoms with Crippen molar-refractivity contribution in [3.05, 3.63) is 77.8 Å². The van der Waals surface area contributed by atoms with Gasteiger partial charge in [-0.15, -0.1) is 0 Å². The number of aliphatic hydroxyl groups is 1. The number of rotatable bonds is 4. The lowest BCUT2D eigenvalue weighted by molar-refractivity contribution is -0.385. The van der Waals surface area contributed by atoms with Crippen LogP contribution in [0.5, 0.6) is 0 Å². The highest BCUT2D eigenvalue weighted by atomic mass is 35.5. The van der Waals surface area contributed by atoms with Gasteiger partial charge in [-0.1, -0.05) is 23.2 Å². The molecule has 0 fully saturated rings. The molecule has 0 aliphatic carbocycles. The van der Waals surface area contributed by atoms with Crippen molar-refractivity contribution in [3.8, 4) is 0 Å². The standard InChI is InChI=1S/C7H6ClNO3.C7H4ClNO3/c2*8-7-2-1-6(9(11)12)3-5(7)4-10/h1-3,10H,4H2;1-4H. The Morgan fingerprint density at radius 1 is 0.958 bits per heavy atom. The number of carbonyl (C=O) groups excluding carboxylic acids is 1. The molecule has 0 atom stereocenters. The predicted molar refractivity (Wildman–Crippen MR) is 87.5 cm³/mol. The molecule has 10 heteroatoms. The number of benzene rings is 2. The first-order valence-corrected chi connectivity index (χ1v) is 6.98. The maximum Gasteiger partial charge on any atom is 0.270 e. The summed E-state index contributed by atoms with van der Waals surface area (Å²) in [6, 6.07) is 7.64. The minimum atomic E-state index is -0.580. The third-order valence-electron chi connectivity index (χ3n) is 2.73. The van der Waals surface area contributed by atoms with Gasteiger partial charge in [-0.3, -0.25) is 25.0 Å². The molecule has 0 saturated heterocycles. The van der Waals surface area contributed by atoms with Gasteiger partial charge in [-0.05, 0) is 12.1 Å². The largest absolute Gasteiger partial charge is 0.392 e. The Kier molecular flexibility index (Phi) is 7.25. The molecule has 2 rings (SSSR count). The molecule has 8 nitrogen and oxygen atoms in total. The van der Waals surface area contributed by atoms with E-state index in [-0.39, 0.29) is 28.6 Å². The average molecular weight is 373 g/mol. The number of aldehydes is 1. The molecule has 0 amide bonds. The molecule has 2 aromatic rings. The fourth-order valence-electron chi connectivity index (χ4n) is 1.53. The summed E-state index contributed by atoms with van der Waals surface area (Å²) in [5.74, 6) is 0. The lowest BCUT2D eigenvalue weighted by atomic mass is 10.2. The van der Waals surface area contributed by atoms with Crippen LogP contribution in [0.25, 0.3) is 0 Å². The summed E-state index contributed by atoms with van der Waals surface area (Å²) in [7, 11) is 0. The summed E-state index contributed by atoms with van der Waals surface area (Å²) in [6.07, 6.45) is 0.481. The van der Waals surface area contributed by atoms with Crippen LogP contribution in [-0.4, -0.2) is 21.2 Å². The number of carbonyl (C=O) groups is 1. The Morgan fingerprint density at radius 2 is 1.46 bits per heavy atom. The quantitative estimate of drug-likeness (QED) is 0.494. The molecule has 0 saturated carbocycles. The van der Waals surface area contributed by atoms with Crippen LogP contribution in [0.4, 0.5) is 11.4 Å². The van der Waals surface area contributed by atoms with Gasteiger partial charge in [0, 0.05) is 40.4 Å². The molecule has 0 heterocycles. The van der Waals surface area contributed by atoms with Crippen molar-refractivity contribution >= 4 is 40.9 Å². The number of nitrogens with zero attached hydrogens (tertiary/aromatic N) is 2. The van der Waals surface area contributed by atoms with E-state index in [2.05, 4.69) is 0 Å². The van der Waals surface area contributed by atoms with Gasteiger partial charge in [-0.25, -0.2) is 0 Å². The highest BCUT2D eigenvalue weighted by molar-refractivity contribution is 6.33. The number of halogens is 2. The molecule has 2 aromatic carbocycles. The smallest absolute Gasteiger partial charge is 0.270 e. The van der Waals surface area contributed by atoms with Crippen molar-refractivity contribution in [2.75, 3.05) is 0 Å². The Hall–Kier alpha value is -2.55. The first-order chi connectivity index (χ1) is 11.3. The number of nitro benzene ring substituents is 2. The minimum absolute atomic E-state index is 0.0662. The van der Waals surface area contributed by atoms with Crippen molar-refractivity contribution in [1.82, 2.24) is 0 Å². The summed E-state index contributed by atoms with van der Waals surface area (Å²) in [5, 5.41) is 29.8. The number of hydrogen-bond acceptors (Lipinski definition) is 6. The fourth-order valence-corrected chi connectivity index (χ4v) is 1.87. The summed E-state index contributed by atoms with van der Waals surface area (Å²) in [6.45, 7) is -0.291. The highest BCUT2D eigenvalue weighted by Gasteiger charge is 2.09. The van der Waals surface area contributed by atoms with Gasteiger partial charge in [0.15, 0.2) is 6.29 Å². The van der Waals surface area contributed by atoms with E-state index in [1.165, 1.54) is 30.3 Å². The summed E-state index contributed by atoms with van der Waals surface area (Å²) in [4.78, 5) is 29.7. The van der Waals surface area contributed by atoms with E-state index >= 15 is 0 Å². The van der Waals surface area contributed by atoms with Crippen LogP contribution in [0.3, 0.4) is 0 Å². The summed E-state index contributed by atoms with van der Waals surface area (Å²) in [5.41, 5.74) is 0.293. The van der Waals surface area contributed by atoms with Gasteiger partial charge < -0.3 is 5.11 Å². The molecule has 1 N–H and O–H groups in total. The van der Waals surface area contributed by atoms with E-state index in [0.29, 0.717) is 16.9 Å². The zero-order chi connectivity index (χ0) is 18.3. The molecule has 24 heavy (non-hydrogen) atoms. The first-order valence-electron chi connectivity index (χ1n) is 6.23. The van der Waals surface area contributed by atoms with Crippen LogP contribution in [0.2, 0.25) is 10.0 Å². The van der Waals surface area contributed by atoms with Gasteiger partial charge in [0.2, 0.25) is 0 Å². The number of aliphatic hydroxyl groups excluding tert-OH is 1. The zero-order valence-corrected chi connectivity index (χ0v) is 13.4. The predicted octanol–water partition coefficient (Wildman–Crippen LogP) is 3.80. The highest BCUT2D eigenvalue weighted by Crippen LogP contribution is 2.21. The van der Waals surface area contributed by atoms with E-state index in [1.54, 1.807) is 0 Å². The molecule has 0 radical (unpaired) electrons. The van der Waals surface area contributed by atoms with Crippen molar-refractivity contribution < 1.29 is 19.7 Å². The maximum atomic E-state index is 10.3. The van der Waals surface area contributed by atoms with Crippen molar-refractivity contribution in [2.24, 2.45) is 0 Å². The van der Waals surface area contributed by atoms with Crippen LogP contribution in [0.1, 0.15) is 15.9 Å². The zero-order valence-electron chi connectivity index (χ0n) is 11.9. The van der Waals surface area contributed by atoms with Crippen molar-refractivity contribution in [1.29, 1.82) is 0 Å². The number of hydrogen-bond donors (Lipinski definition) is 1. The molecular weight excluding hydrogens is 363 g/mol. The van der Waals surface area contributed by atoms with E-state index in [0.717, 1.165) is 6.07 Å². The van der Waals surface area contributed by atoms with Gasteiger partial charge in [0.25, 0.3) is 11.4 Å². The van der Waals surface area contributed by atoms with Gasteiger partial charge in [0.05, 0.1) is 21.5 Å². The van der Waals surface area contributed by atoms with Gasteiger partial charge in [-0.2, -0.15) is 0 Å². The first kappa shape index (κ1) is 19.5. The van der Waals surface area contributed by atoms with Crippen LogP contribution in [0.15, 0.2) is 36.4 Å². The average Bonchev–Trinajstić information content (AvgIpc) is 2.55. The third kappa shape index (κ3) is 5.27. The number of non-ortho nitro benzene ring substituents is 2. The van der Waals surface area contributed by atoms with Crippen LogP contribution in [0, 0.1) is 20.2 Å². The molecular formula is C14H10Cl2N2O6. The number of nitro groups is 2. The Bertz CT molecular complexity index is 782. The maximum absolute atomic E-state index is 10.3. The molecule has 0 aliphatic heterocycles. The minimum Gasteiger partial charge on any atom is -0.392 e. The summed E-state index contributed by atoms with van der Waals surface area (Å²) >= 11 is 11.2. The molecule has 126 valence electrons. The van der Waals surface area contributed by atoms with E-state index in [9.17, 15) is 25.0 Å². The molecule has 0 aromatic heterocycles. The third-order valence-corrected chi connectivity index (χ3v) is 3.44. The van der Waals surface area contributed by atoms with Crippen LogP contribution in [-0.2, 0) is 6.61 Å². The van der Waals surface area contributed by atoms with Crippen molar-refractivity contribution in [2.45, 2.75) is 6.61 Å². The van der Waals surface area contributed by atoms with Crippen LogP contribution >= 0.6 is 23.2 Å². The normalized spacial score (nSPS) is 9.62. The van der Waals surface area contributed by atoms with Crippen LogP contribution < -0.4 is 0 Å². The van der Waals surface area contributed by atoms with Gasteiger partial charge >= 0.3 is 0 Å². The molecule has 0 spiro atoms. The van der Waals surface area contributed by atoms with E-state index in [1.807, 2.05) is 0 Å². The Morgan fingerprint density at radius 3 is 1.92 bits per heavy atom. The second-order valence-electron chi connectivity index (χ2n) is 4.27. The topological polar surface area (TPSA) is 124 Å². The summed E-state index contributed by atoms with van der Waals surface area (Å²) < 4.78 is 0. The lowest BCUT2D eigenvalue weighted by Crippen LogP contribution is -1.91. The van der Waals surface area contributed by atoms with E-state index < -0.39 is 9.85 Å². The molecule has 0 bridgehead atoms. The monoisotopic (exact) mass is 372 g/mol.